The van der Waals surface area contributed by atoms with Gasteiger partial charge in [0.25, 0.3) is 0 Å². The molecule has 0 N–H and O–H groups in total. The highest BCUT2D eigenvalue weighted by Crippen LogP contribution is 2.33. The van der Waals surface area contributed by atoms with Gasteiger partial charge in [-0.15, -0.1) is 0 Å². The molecule has 0 spiro atoms. The van der Waals surface area contributed by atoms with Crippen LogP contribution < -0.4 is 0 Å². The summed E-state index contributed by atoms with van der Waals surface area (Å²) in [6, 6.07) is 18.9. The first-order chi connectivity index (χ1) is 16.6. The van der Waals surface area contributed by atoms with Crippen molar-refractivity contribution in [3.05, 3.63) is 76.2 Å². The molecule has 4 rings (SSSR count). The van der Waals surface area contributed by atoms with Crippen LogP contribution in [0.4, 0.5) is 4.39 Å². The fourth-order valence-electron chi connectivity index (χ4n) is 4.74. The zero-order valence-electron chi connectivity index (χ0n) is 20.5. The lowest BCUT2D eigenvalue weighted by atomic mass is 9.97. The van der Waals surface area contributed by atoms with Crippen molar-refractivity contribution in [1.82, 2.24) is 0 Å². The van der Waals surface area contributed by atoms with E-state index in [0.717, 1.165) is 53.0 Å². The Hall–Kier alpha value is -2.52. The summed E-state index contributed by atoms with van der Waals surface area (Å²) >= 11 is 5.57. The summed E-state index contributed by atoms with van der Waals surface area (Å²) in [7, 11) is 0. The maximum absolute atomic E-state index is 15.3. The molecule has 0 amide bonds. The Bertz CT molecular complexity index is 1300. The number of benzene rings is 3. The number of halogens is 1. The third-order valence-electron chi connectivity index (χ3n) is 6.81. The molecular weight excluding hydrogens is 439 g/mol. The Labute approximate surface area is 208 Å². The monoisotopic (exact) mass is 474 g/mol. The fourth-order valence-corrected chi connectivity index (χ4v) is 4.99. The van der Waals surface area contributed by atoms with E-state index in [-0.39, 0.29) is 11.4 Å². The van der Waals surface area contributed by atoms with Gasteiger partial charge in [0.2, 0.25) is 0 Å². The molecule has 0 atom stereocenters. The van der Waals surface area contributed by atoms with Crippen LogP contribution in [0.2, 0.25) is 0 Å². The zero-order valence-corrected chi connectivity index (χ0v) is 21.3. The molecule has 4 aromatic rings. The molecule has 0 aliphatic heterocycles. The minimum atomic E-state index is -0.263. The quantitative estimate of drug-likeness (QED) is 0.122. The lowest BCUT2D eigenvalue weighted by molar-refractivity contribution is 0.535. The van der Waals surface area contributed by atoms with Crippen molar-refractivity contribution < 1.29 is 8.81 Å². The van der Waals surface area contributed by atoms with Gasteiger partial charge >= 0.3 is 0 Å². The second kappa shape index (κ2) is 11.8. The first kappa shape index (κ1) is 24.6. The first-order valence-electron chi connectivity index (χ1n) is 12.9. The fraction of sp³-hybridized carbons (Fsp3) is 0.387. The molecular formula is C31H35FOS. The molecule has 0 aliphatic rings. The van der Waals surface area contributed by atoms with Crippen molar-refractivity contribution in [2.45, 2.75) is 78.1 Å². The SMILES string of the molecule is CCCCCCc1ccc(-c2ccc3c(c2)c(=S)oc2c(F)c(CCCCCC)ccc23)cc1. The Morgan fingerprint density at radius 3 is 2.03 bits per heavy atom. The second-order valence-electron chi connectivity index (χ2n) is 9.38. The summed E-state index contributed by atoms with van der Waals surface area (Å²) < 4.78 is 21.5. The lowest BCUT2D eigenvalue weighted by Gasteiger charge is -2.10. The Morgan fingerprint density at radius 2 is 1.32 bits per heavy atom. The molecule has 0 fully saturated rings. The van der Waals surface area contributed by atoms with Gasteiger partial charge in [-0.3, -0.25) is 0 Å². The van der Waals surface area contributed by atoms with Gasteiger partial charge in [-0.1, -0.05) is 101 Å². The van der Waals surface area contributed by atoms with Crippen LogP contribution >= 0.6 is 12.2 Å². The topological polar surface area (TPSA) is 13.1 Å². The largest absolute Gasteiger partial charge is 0.441 e. The van der Waals surface area contributed by atoms with Crippen molar-refractivity contribution in [3.8, 4) is 11.1 Å². The van der Waals surface area contributed by atoms with Crippen LogP contribution in [0.15, 0.2) is 59.0 Å². The minimum Gasteiger partial charge on any atom is -0.441 e. The summed E-state index contributed by atoms with van der Waals surface area (Å²) in [6.45, 7) is 4.42. The summed E-state index contributed by atoms with van der Waals surface area (Å²) in [5, 5.41) is 2.59. The van der Waals surface area contributed by atoms with Crippen LogP contribution in [0, 0.1) is 10.5 Å². The van der Waals surface area contributed by atoms with Gasteiger partial charge in [0.05, 0.1) is 0 Å². The van der Waals surface area contributed by atoms with Crippen LogP contribution in [-0.4, -0.2) is 0 Å². The van der Waals surface area contributed by atoms with Gasteiger partial charge in [-0.2, -0.15) is 0 Å². The van der Waals surface area contributed by atoms with Crippen LogP contribution in [0.3, 0.4) is 0 Å². The van der Waals surface area contributed by atoms with Crippen LogP contribution in [0.1, 0.15) is 76.3 Å². The Balaban J connectivity index is 1.61. The maximum atomic E-state index is 15.3. The van der Waals surface area contributed by atoms with Crippen LogP contribution in [-0.2, 0) is 12.8 Å². The van der Waals surface area contributed by atoms with E-state index in [1.165, 1.54) is 44.1 Å². The molecule has 0 radical (unpaired) electrons. The standard InChI is InChI=1S/C31H35FOS/c1-3-5-7-9-11-22-13-15-23(16-14-22)25-18-19-26-27-20-17-24(12-10-8-6-4-2)29(32)30(27)33-31(34)28(26)21-25/h13-21H,3-12H2,1-2H3. The maximum Gasteiger partial charge on any atom is 0.198 e. The van der Waals surface area contributed by atoms with E-state index in [1.54, 1.807) is 0 Å². The molecule has 178 valence electrons. The molecule has 1 heterocycles. The van der Waals surface area contributed by atoms with Gasteiger partial charge in [0.15, 0.2) is 16.1 Å². The van der Waals surface area contributed by atoms with Crippen molar-refractivity contribution in [3.63, 3.8) is 0 Å². The highest BCUT2D eigenvalue weighted by molar-refractivity contribution is 7.71. The average molecular weight is 475 g/mol. The molecule has 34 heavy (non-hydrogen) atoms. The predicted octanol–water partition coefficient (Wildman–Crippen LogP) is 10.4. The number of unbranched alkanes of at least 4 members (excludes halogenated alkanes) is 6. The molecule has 0 bridgehead atoms. The third kappa shape index (κ3) is 5.58. The molecule has 3 heteroatoms. The van der Waals surface area contributed by atoms with E-state index < -0.39 is 0 Å². The number of hydrogen-bond donors (Lipinski definition) is 0. The summed E-state index contributed by atoms with van der Waals surface area (Å²) in [5.41, 5.74) is 4.63. The Kier molecular flexibility index (Phi) is 8.50. The number of hydrogen-bond acceptors (Lipinski definition) is 2. The average Bonchev–Trinajstić information content (AvgIpc) is 2.86. The van der Waals surface area contributed by atoms with Crippen LogP contribution in [0.5, 0.6) is 0 Å². The van der Waals surface area contributed by atoms with Gasteiger partial charge in [0, 0.05) is 10.8 Å². The minimum absolute atomic E-state index is 0.263. The van der Waals surface area contributed by atoms with Crippen molar-refractivity contribution in [1.29, 1.82) is 0 Å². The predicted molar refractivity (Wildman–Crippen MR) is 146 cm³/mol. The van der Waals surface area contributed by atoms with Gasteiger partial charge in [-0.25, -0.2) is 4.39 Å². The molecule has 1 nitrogen and oxygen atoms in total. The number of aryl methyl sites for hydroxylation is 2. The number of fused-ring (bicyclic) bond motifs is 3. The van der Waals surface area contributed by atoms with E-state index in [0.29, 0.717) is 10.3 Å². The van der Waals surface area contributed by atoms with Crippen molar-refractivity contribution >= 4 is 34.0 Å². The van der Waals surface area contributed by atoms with E-state index in [9.17, 15) is 0 Å². The van der Waals surface area contributed by atoms with E-state index in [1.807, 2.05) is 12.1 Å². The second-order valence-corrected chi connectivity index (χ2v) is 9.75. The van der Waals surface area contributed by atoms with E-state index >= 15 is 4.39 Å². The normalized spacial score (nSPS) is 11.5. The van der Waals surface area contributed by atoms with Crippen LogP contribution in [0.25, 0.3) is 32.9 Å². The van der Waals surface area contributed by atoms with Gasteiger partial charge in [-0.05, 0) is 71.6 Å². The number of rotatable bonds is 11. The molecule has 3 aromatic carbocycles. The van der Waals surface area contributed by atoms with Crippen molar-refractivity contribution in [2.75, 3.05) is 0 Å². The lowest BCUT2D eigenvalue weighted by Crippen LogP contribution is -1.94. The Morgan fingerprint density at radius 1 is 0.676 bits per heavy atom. The molecule has 0 saturated carbocycles. The van der Waals surface area contributed by atoms with E-state index in [2.05, 4.69) is 56.3 Å². The summed E-state index contributed by atoms with van der Waals surface area (Å²) in [6.07, 6.45) is 11.4. The molecule has 1 aromatic heterocycles. The zero-order chi connectivity index (χ0) is 23.9. The summed E-state index contributed by atoms with van der Waals surface area (Å²) in [4.78, 5) is 0. The first-order valence-corrected chi connectivity index (χ1v) is 13.3. The molecule has 0 unspecified atom stereocenters. The highest BCUT2D eigenvalue weighted by Gasteiger charge is 2.14. The van der Waals surface area contributed by atoms with E-state index in [4.69, 9.17) is 16.6 Å². The third-order valence-corrected chi connectivity index (χ3v) is 7.11. The summed E-state index contributed by atoms with van der Waals surface area (Å²) in [5.74, 6) is -0.263. The van der Waals surface area contributed by atoms with Crippen molar-refractivity contribution in [2.24, 2.45) is 0 Å². The molecule has 0 aliphatic carbocycles. The van der Waals surface area contributed by atoms with Gasteiger partial charge in [0.1, 0.15) is 0 Å². The smallest absolute Gasteiger partial charge is 0.198 e. The molecule has 0 saturated heterocycles. The van der Waals surface area contributed by atoms with Gasteiger partial charge < -0.3 is 4.42 Å². The highest BCUT2D eigenvalue weighted by atomic mass is 32.1.